The summed E-state index contributed by atoms with van der Waals surface area (Å²) in [4.78, 5) is 59.3. The second-order valence-corrected chi connectivity index (χ2v) is 9.81. The number of para-hydroxylation sites is 1. The number of hydrogen-bond donors (Lipinski definition) is 0. The predicted molar refractivity (Wildman–Crippen MR) is 146 cm³/mol. The third-order valence-corrected chi connectivity index (χ3v) is 7.66. The minimum atomic E-state index is -0.877. The third kappa shape index (κ3) is 4.22. The highest BCUT2D eigenvalue weighted by molar-refractivity contribution is 7.07. The van der Waals surface area contributed by atoms with Gasteiger partial charge in [-0.25, -0.2) is 14.6 Å². The number of esters is 2. The standard InChI is InChI=1S/C29H25N3O6S/c1-5-15-31-20-10-8-7-9-19(20)22(25(31)33)24-26(34)32-23(17-11-13-18(14-12-17)27(35)37-4)21(28(36)38-6-2)16(3)30-29(32)39-24/h5,7-14,23H,1,6,15H2,2-4H3. The van der Waals surface area contributed by atoms with Gasteiger partial charge in [0.15, 0.2) is 4.80 Å². The quantitative estimate of drug-likeness (QED) is 0.349. The first-order chi connectivity index (χ1) is 18.8. The van der Waals surface area contributed by atoms with Gasteiger partial charge in [0.25, 0.3) is 11.5 Å². The molecule has 10 heteroatoms. The van der Waals surface area contributed by atoms with Gasteiger partial charge in [0.1, 0.15) is 4.53 Å². The number of carbonyl (C=O) groups excluding carboxylic acids is 3. The van der Waals surface area contributed by atoms with Gasteiger partial charge in [-0.05, 0) is 37.6 Å². The number of allylic oxidation sites excluding steroid dienone is 1. The molecule has 198 valence electrons. The second-order valence-electron chi connectivity index (χ2n) is 8.83. The van der Waals surface area contributed by atoms with E-state index in [1.165, 1.54) is 11.7 Å². The molecule has 0 aliphatic carbocycles. The Morgan fingerprint density at radius 1 is 1.10 bits per heavy atom. The largest absolute Gasteiger partial charge is 0.465 e. The third-order valence-electron chi connectivity index (χ3n) is 6.60. The molecule has 3 heterocycles. The highest BCUT2D eigenvalue weighted by Gasteiger charge is 2.37. The minimum Gasteiger partial charge on any atom is -0.465 e. The van der Waals surface area contributed by atoms with Crippen molar-refractivity contribution in [2.45, 2.75) is 19.9 Å². The van der Waals surface area contributed by atoms with Crippen molar-refractivity contribution in [2.75, 3.05) is 25.2 Å². The van der Waals surface area contributed by atoms with Crippen molar-refractivity contribution in [3.05, 3.63) is 109 Å². The molecule has 9 nitrogen and oxygen atoms in total. The number of nitrogens with zero attached hydrogens (tertiary/aromatic N) is 3. The van der Waals surface area contributed by atoms with E-state index >= 15 is 0 Å². The van der Waals surface area contributed by atoms with Crippen molar-refractivity contribution in [3.63, 3.8) is 0 Å². The Morgan fingerprint density at radius 2 is 1.82 bits per heavy atom. The fraction of sp³-hybridized carbons (Fsp3) is 0.207. The summed E-state index contributed by atoms with van der Waals surface area (Å²) in [7, 11) is 1.29. The van der Waals surface area contributed by atoms with Gasteiger partial charge in [0, 0.05) is 12.1 Å². The van der Waals surface area contributed by atoms with Crippen molar-refractivity contribution in [3.8, 4) is 0 Å². The van der Waals surface area contributed by atoms with Crippen molar-refractivity contribution < 1.29 is 23.9 Å². The lowest BCUT2D eigenvalue weighted by atomic mass is 9.95. The van der Waals surface area contributed by atoms with Crippen molar-refractivity contribution >= 4 is 40.4 Å². The number of carbonyl (C=O) groups is 3. The molecule has 3 aromatic rings. The summed E-state index contributed by atoms with van der Waals surface area (Å²) in [5.41, 5.74) is 2.69. The van der Waals surface area contributed by atoms with E-state index in [2.05, 4.69) is 11.6 Å². The zero-order valence-corrected chi connectivity index (χ0v) is 22.4. The van der Waals surface area contributed by atoms with Gasteiger partial charge in [0.2, 0.25) is 0 Å². The molecule has 1 unspecified atom stereocenters. The molecule has 39 heavy (non-hydrogen) atoms. The van der Waals surface area contributed by atoms with E-state index in [1.807, 2.05) is 24.3 Å². The summed E-state index contributed by atoms with van der Waals surface area (Å²) in [5, 5.41) is 0. The number of aromatic nitrogens is 1. The number of thiazole rings is 1. The zero-order chi connectivity index (χ0) is 27.8. The first-order valence-corrected chi connectivity index (χ1v) is 13.1. The average molecular weight is 544 g/mol. The van der Waals surface area contributed by atoms with Gasteiger partial charge in [-0.2, -0.15) is 0 Å². The summed E-state index contributed by atoms with van der Waals surface area (Å²) in [6, 6.07) is 12.9. The van der Waals surface area contributed by atoms with E-state index in [1.54, 1.807) is 49.1 Å². The lowest BCUT2D eigenvalue weighted by Crippen LogP contribution is -2.41. The van der Waals surface area contributed by atoms with E-state index in [-0.39, 0.29) is 28.2 Å². The van der Waals surface area contributed by atoms with Crippen molar-refractivity contribution in [1.29, 1.82) is 0 Å². The molecule has 0 N–H and O–H groups in total. The number of amides is 1. The van der Waals surface area contributed by atoms with E-state index in [0.717, 1.165) is 11.3 Å². The summed E-state index contributed by atoms with van der Waals surface area (Å²) < 4.78 is 11.8. The molecule has 0 spiro atoms. The number of ether oxygens (including phenoxy) is 2. The normalized spacial score (nSPS) is 17.4. The molecule has 0 saturated heterocycles. The fourth-order valence-electron chi connectivity index (χ4n) is 4.89. The van der Waals surface area contributed by atoms with Crippen LogP contribution in [0.5, 0.6) is 0 Å². The van der Waals surface area contributed by atoms with Crippen LogP contribution in [0.3, 0.4) is 0 Å². The number of anilines is 1. The fourth-order valence-corrected chi connectivity index (χ4v) is 6.02. The lowest BCUT2D eigenvalue weighted by molar-refractivity contribution is -0.139. The summed E-state index contributed by atoms with van der Waals surface area (Å²) >= 11 is 1.10. The van der Waals surface area contributed by atoms with Crippen LogP contribution in [-0.2, 0) is 19.1 Å². The Balaban J connectivity index is 1.78. The SMILES string of the molecule is C=CCN1C(=O)C(=c2sc3n(c2=O)C(c2ccc(C(=O)OC)cc2)C(C(=O)OCC)=C(C)N=3)c2ccccc21. The maximum atomic E-state index is 14.1. The minimum absolute atomic E-state index is 0.141. The number of hydrogen-bond acceptors (Lipinski definition) is 8. The Hall–Kier alpha value is -4.57. The van der Waals surface area contributed by atoms with Crippen molar-refractivity contribution in [1.82, 2.24) is 4.57 Å². The molecule has 5 rings (SSSR count). The molecule has 2 aliphatic rings. The molecule has 1 atom stereocenters. The molecule has 0 fully saturated rings. The maximum Gasteiger partial charge on any atom is 0.338 e. The van der Waals surface area contributed by atoms with E-state index < -0.39 is 23.5 Å². The second kappa shape index (κ2) is 10.3. The van der Waals surface area contributed by atoms with Crippen LogP contribution >= 0.6 is 11.3 Å². The van der Waals surface area contributed by atoms with Crippen LogP contribution in [0.4, 0.5) is 5.69 Å². The predicted octanol–water partition coefficient (Wildman–Crippen LogP) is 2.49. The Bertz CT molecular complexity index is 1750. The smallest absolute Gasteiger partial charge is 0.338 e. The van der Waals surface area contributed by atoms with E-state index in [0.29, 0.717) is 39.4 Å². The molecular weight excluding hydrogens is 518 g/mol. The molecule has 0 saturated carbocycles. The lowest BCUT2D eigenvalue weighted by Gasteiger charge is -2.24. The molecule has 0 bridgehead atoms. The summed E-state index contributed by atoms with van der Waals surface area (Å²) in [6.45, 7) is 7.57. The molecule has 2 aromatic carbocycles. The van der Waals surface area contributed by atoms with Crippen LogP contribution in [0.1, 0.15) is 41.4 Å². The van der Waals surface area contributed by atoms with Crippen LogP contribution < -0.4 is 19.8 Å². The van der Waals surface area contributed by atoms with Crippen LogP contribution in [0.2, 0.25) is 0 Å². The Labute approximate surface area is 227 Å². The van der Waals surface area contributed by atoms with E-state index in [4.69, 9.17) is 9.47 Å². The topological polar surface area (TPSA) is 107 Å². The highest BCUT2D eigenvalue weighted by Crippen LogP contribution is 2.35. The summed E-state index contributed by atoms with van der Waals surface area (Å²) in [6.07, 6.45) is 1.63. The number of fused-ring (bicyclic) bond motifs is 2. The van der Waals surface area contributed by atoms with Gasteiger partial charge in [-0.3, -0.25) is 14.2 Å². The number of rotatable bonds is 6. The first kappa shape index (κ1) is 26.1. The Kier molecular flexibility index (Phi) is 6.88. The first-order valence-electron chi connectivity index (χ1n) is 12.2. The van der Waals surface area contributed by atoms with Gasteiger partial charge < -0.3 is 14.4 Å². The molecule has 2 aliphatic heterocycles. The van der Waals surface area contributed by atoms with Gasteiger partial charge in [-0.15, -0.1) is 6.58 Å². The maximum absolute atomic E-state index is 14.1. The van der Waals surface area contributed by atoms with Crippen LogP contribution in [0.15, 0.2) is 82.2 Å². The monoisotopic (exact) mass is 543 g/mol. The average Bonchev–Trinajstić information content (AvgIpc) is 3.40. The molecule has 0 radical (unpaired) electrons. The molecular formula is C29H25N3O6S. The Morgan fingerprint density at radius 3 is 2.49 bits per heavy atom. The number of methoxy groups -OCH3 is 1. The summed E-state index contributed by atoms with van der Waals surface area (Å²) in [5.74, 6) is -1.41. The van der Waals surface area contributed by atoms with E-state index in [9.17, 15) is 19.2 Å². The van der Waals surface area contributed by atoms with Crippen LogP contribution in [0, 0.1) is 0 Å². The van der Waals surface area contributed by atoms with Gasteiger partial charge in [-0.1, -0.05) is 47.7 Å². The van der Waals surface area contributed by atoms with Crippen molar-refractivity contribution in [2.24, 2.45) is 4.99 Å². The van der Waals surface area contributed by atoms with Gasteiger partial charge in [0.05, 0.1) is 47.9 Å². The van der Waals surface area contributed by atoms with Gasteiger partial charge >= 0.3 is 11.9 Å². The highest BCUT2D eigenvalue weighted by atomic mass is 32.1. The zero-order valence-electron chi connectivity index (χ0n) is 21.6. The van der Waals surface area contributed by atoms with Crippen LogP contribution in [0.25, 0.3) is 5.57 Å². The van der Waals surface area contributed by atoms with Crippen LogP contribution in [-0.4, -0.2) is 42.7 Å². The number of benzene rings is 2. The molecule has 1 amide bonds. The molecule has 1 aromatic heterocycles.